The van der Waals surface area contributed by atoms with Crippen molar-refractivity contribution in [1.29, 1.82) is 0 Å². The molecule has 1 atom stereocenters. The van der Waals surface area contributed by atoms with Crippen LogP contribution in [0.2, 0.25) is 0 Å². The highest BCUT2D eigenvalue weighted by molar-refractivity contribution is 7.80. The zero-order valence-corrected chi connectivity index (χ0v) is 21.9. The van der Waals surface area contributed by atoms with Crippen LogP contribution in [0.4, 0.5) is 0 Å². The second-order valence-electron chi connectivity index (χ2n) is 9.34. The molecule has 0 fully saturated rings. The number of rotatable bonds is 6. The zero-order chi connectivity index (χ0) is 25.2. The number of aryl methyl sites for hydroxylation is 3. The van der Waals surface area contributed by atoms with Gasteiger partial charge in [-0.2, -0.15) is 4.98 Å². The quantitative estimate of drug-likeness (QED) is 0.298. The molecule has 0 radical (unpaired) electrons. The third-order valence-electron chi connectivity index (χ3n) is 6.71. The van der Waals surface area contributed by atoms with Crippen LogP contribution in [-0.2, 0) is 13.0 Å². The van der Waals surface area contributed by atoms with Crippen molar-refractivity contribution in [2.75, 3.05) is 0 Å². The monoisotopic (exact) mass is 494 g/mol. The fourth-order valence-electron chi connectivity index (χ4n) is 4.59. The highest BCUT2D eigenvalue weighted by atomic mass is 32.1. The summed E-state index contributed by atoms with van der Waals surface area (Å²) in [6, 6.07) is 25.1. The van der Waals surface area contributed by atoms with E-state index in [4.69, 9.17) is 21.7 Å². The van der Waals surface area contributed by atoms with Crippen LogP contribution >= 0.6 is 12.2 Å². The molecule has 182 valence electrons. The van der Waals surface area contributed by atoms with E-state index in [1.807, 2.05) is 12.1 Å². The van der Waals surface area contributed by atoms with Gasteiger partial charge in [-0.15, -0.1) is 0 Å². The first kappa shape index (κ1) is 23.9. The van der Waals surface area contributed by atoms with Gasteiger partial charge in [0.1, 0.15) is 0 Å². The number of hydrogen-bond acceptors (Lipinski definition) is 4. The second-order valence-corrected chi connectivity index (χ2v) is 9.73. The lowest BCUT2D eigenvalue weighted by Gasteiger charge is -2.37. The summed E-state index contributed by atoms with van der Waals surface area (Å²) in [6.45, 7) is 9.07. The van der Waals surface area contributed by atoms with Gasteiger partial charge in [-0.3, -0.25) is 0 Å². The summed E-state index contributed by atoms with van der Waals surface area (Å²) in [7, 11) is 0. The summed E-state index contributed by atoms with van der Waals surface area (Å²) in [6.07, 6.45) is 0.991. The molecule has 0 amide bonds. The fraction of sp³-hybridized carbons (Fsp3) is 0.233. The van der Waals surface area contributed by atoms with Crippen LogP contribution in [0.1, 0.15) is 53.6 Å². The number of hydrogen-bond donors (Lipinski definition) is 1. The van der Waals surface area contributed by atoms with E-state index in [1.165, 1.54) is 22.3 Å². The van der Waals surface area contributed by atoms with Gasteiger partial charge in [0.2, 0.25) is 5.82 Å². The smallest absolute Gasteiger partial charge is 0.258 e. The van der Waals surface area contributed by atoms with E-state index in [-0.39, 0.29) is 6.04 Å². The van der Waals surface area contributed by atoms with Crippen molar-refractivity contribution in [3.05, 3.63) is 112 Å². The number of nitrogens with zero attached hydrogens (tertiary/aromatic N) is 3. The molecule has 1 aromatic heterocycles. The van der Waals surface area contributed by atoms with Crippen molar-refractivity contribution in [3.63, 3.8) is 0 Å². The minimum atomic E-state index is -0.192. The van der Waals surface area contributed by atoms with Gasteiger partial charge in [0.15, 0.2) is 5.11 Å². The van der Waals surface area contributed by atoms with Crippen LogP contribution in [0.3, 0.4) is 0 Å². The Morgan fingerprint density at radius 3 is 2.36 bits per heavy atom. The van der Waals surface area contributed by atoms with E-state index < -0.39 is 0 Å². The molecule has 6 heteroatoms. The van der Waals surface area contributed by atoms with Gasteiger partial charge >= 0.3 is 0 Å². The number of aromatic nitrogens is 2. The Morgan fingerprint density at radius 1 is 0.917 bits per heavy atom. The first-order valence-corrected chi connectivity index (χ1v) is 12.7. The van der Waals surface area contributed by atoms with Crippen molar-refractivity contribution >= 4 is 22.9 Å². The normalized spacial score (nSPS) is 15.8. The average molecular weight is 495 g/mol. The van der Waals surface area contributed by atoms with Gasteiger partial charge in [0.25, 0.3) is 5.89 Å². The summed E-state index contributed by atoms with van der Waals surface area (Å²) in [5, 5.41) is 8.56. The van der Waals surface area contributed by atoms with Crippen molar-refractivity contribution < 1.29 is 4.52 Å². The number of nitrogens with one attached hydrogen (secondary N) is 1. The lowest BCUT2D eigenvalue weighted by atomic mass is 9.94. The second kappa shape index (κ2) is 10.1. The zero-order valence-electron chi connectivity index (χ0n) is 21.1. The molecule has 1 unspecified atom stereocenters. The molecule has 0 bridgehead atoms. The van der Waals surface area contributed by atoms with Crippen LogP contribution in [-0.4, -0.2) is 20.2 Å². The van der Waals surface area contributed by atoms with E-state index >= 15 is 0 Å². The SMILES string of the molecule is CCc1ccc(-c2noc(C3=C(C)N(Cc4cccc(C)c4)C(=S)NC3c3ccc(C)cc3)n2)cc1. The van der Waals surface area contributed by atoms with E-state index in [2.05, 4.69) is 104 Å². The number of benzene rings is 3. The number of allylic oxidation sites excluding steroid dienone is 1. The summed E-state index contributed by atoms with van der Waals surface area (Å²) >= 11 is 5.86. The van der Waals surface area contributed by atoms with Gasteiger partial charge < -0.3 is 14.7 Å². The molecule has 2 heterocycles. The van der Waals surface area contributed by atoms with E-state index in [0.717, 1.165) is 28.8 Å². The predicted octanol–water partition coefficient (Wildman–Crippen LogP) is 6.78. The molecule has 0 saturated heterocycles. The summed E-state index contributed by atoms with van der Waals surface area (Å²) in [5.41, 5.74) is 8.86. The van der Waals surface area contributed by atoms with Crippen LogP contribution in [0.5, 0.6) is 0 Å². The Balaban J connectivity index is 1.58. The molecule has 1 aliphatic heterocycles. The van der Waals surface area contributed by atoms with Crippen molar-refractivity contribution in [3.8, 4) is 11.4 Å². The summed E-state index contributed by atoms with van der Waals surface area (Å²) in [5.74, 6) is 1.07. The van der Waals surface area contributed by atoms with E-state index in [9.17, 15) is 0 Å². The largest absolute Gasteiger partial charge is 0.351 e. The Kier molecular flexibility index (Phi) is 6.70. The Hall–Kier alpha value is -3.77. The highest BCUT2D eigenvalue weighted by Crippen LogP contribution is 2.38. The Labute approximate surface area is 217 Å². The van der Waals surface area contributed by atoms with Gasteiger partial charge in [0, 0.05) is 17.8 Å². The molecule has 0 saturated carbocycles. The topological polar surface area (TPSA) is 54.2 Å². The fourth-order valence-corrected chi connectivity index (χ4v) is 4.91. The molecule has 5 nitrogen and oxygen atoms in total. The Morgan fingerprint density at radius 2 is 1.67 bits per heavy atom. The molecule has 0 aliphatic carbocycles. The molecule has 4 aromatic rings. The van der Waals surface area contributed by atoms with E-state index in [0.29, 0.717) is 23.4 Å². The standard InChI is InChI=1S/C30H30N4OS/c1-5-22-11-15-25(16-12-22)28-32-29(35-33-28)26-21(4)34(18-23-8-6-7-20(3)17-23)30(36)31-27(26)24-13-9-19(2)10-14-24/h6-17,27H,5,18H2,1-4H3,(H,31,36). The first-order chi connectivity index (χ1) is 17.4. The molecule has 3 aromatic carbocycles. The third kappa shape index (κ3) is 4.82. The average Bonchev–Trinajstić information content (AvgIpc) is 3.36. The lowest BCUT2D eigenvalue weighted by molar-refractivity contribution is 0.396. The first-order valence-electron chi connectivity index (χ1n) is 12.3. The molecule has 36 heavy (non-hydrogen) atoms. The van der Waals surface area contributed by atoms with Crippen LogP contribution in [0, 0.1) is 13.8 Å². The highest BCUT2D eigenvalue weighted by Gasteiger charge is 2.34. The van der Waals surface area contributed by atoms with Crippen molar-refractivity contribution in [2.24, 2.45) is 0 Å². The van der Waals surface area contributed by atoms with Crippen molar-refractivity contribution in [1.82, 2.24) is 20.4 Å². The van der Waals surface area contributed by atoms with Crippen LogP contribution in [0.25, 0.3) is 17.0 Å². The molecular weight excluding hydrogens is 464 g/mol. The summed E-state index contributed by atoms with van der Waals surface area (Å²) in [4.78, 5) is 6.95. The molecule has 0 spiro atoms. The Bertz CT molecular complexity index is 1420. The predicted molar refractivity (Wildman–Crippen MR) is 148 cm³/mol. The van der Waals surface area contributed by atoms with Gasteiger partial charge in [-0.1, -0.05) is 96.0 Å². The number of thiocarbonyl (C=S) groups is 1. The minimum absolute atomic E-state index is 0.192. The van der Waals surface area contributed by atoms with Gasteiger partial charge in [-0.25, -0.2) is 0 Å². The van der Waals surface area contributed by atoms with E-state index in [1.54, 1.807) is 0 Å². The maximum Gasteiger partial charge on any atom is 0.258 e. The molecule has 1 N–H and O–H groups in total. The van der Waals surface area contributed by atoms with Crippen molar-refractivity contribution in [2.45, 2.75) is 46.7 Å². The van der Waals surface area contributed by atoms with Crippen LogP contribution < -0.4 is 5.32 Å². The van der Waals surface area contributed by atoms with Gasteiger partial charge in [0.05, 0.1) is 11.6 Å². The van der Waals surface area contributed by atoms with Gasteiger partial charge in [-0.05, 0) is 56.1 Å². The lowest BCUT2D eigenvalue weighted by Crippen LogP contribution is -2.45. The summed E-state index contributed by atoms with van der Waals surface area (Å²) < 4.78 is 5.88. The maximum absolute atomic E-state index is 5.88. The van der Waals surface area contributed by atoms with Crippen LogP contribution in [0.15, 0.2) is 83.0 Å². The molecular formula is C30H30N4OS. The maximum atomic E-state index is 5.88. The molecule has 1 aliphatic rings. The minimum Gasteiger partial charge on any atom is -0.351 e. The third-order valence-corrected chi connectivity index (χ3v) is 7.05. The molecule has 5 rings (SSSR count).